The van der Waals surface area contributed by atoms with E-state index in [4.69, 9.17) is 25.5 Å². The van der Waals surface area contributed by atoms with Crippen LogP contribution < -0.4 is 4.74 Å². The number of hydrogen-bond acceptors (Lipinski definition) is 6. The van der Waals surface area contributed by atoms with Crippen molar-refractivity contribution in [3.63, 3.8) is 0 Å². The van der Waals surface area contributed by atoms with Crippen molar-refractivity contribution in [3.05, 3.63) is 90.0 Å². The fourth-order valence-corrected chi connectivity index (χ4v) is 1.90. The number of aromatic carboxylic acids is 2. The number of carbonyl (C=O) groups is 3. The number of ether oxygens (including phenoxy) is 1. The van der Waals surface area contributed by atoms with Crippen molar-refractivity contribution in [3.8, 4) is 17.2 Å². The van der Waals surface area contributed by atoms with E-state index in [-0.39, 0.29) is 22.6 Å². The molecule has 0 aliphatic heterocycles. The summed E-state index contributed by atoms with van der Waals surface area (Å²) in [7, 11) is 0. The minimum Gasteiger partial charge on any atom is -0.507 e. The van der Waals surface area contributed by atoms with Gasteiger partial charge in [-0.05, 0) is 36.4 Å². The molecule has 0 heterocycles. The van der Waals surface area contributed by atoms with Crippen LogP contribution in [0.25, 0.3) is 0 Å². The Hall–Kier alpha value is -4.53. The van der Waals surface area contributed by atoms with Crippen molar-refractivity contribution in [2.45, 2.75) is 0 Å². The van der Waals surface area contributed by atoms with E-state index in [9.17, 15) is 14.4 Å². The van der Waals surface area contributed by atoms with Crippen LogP contribution in [0.5, 0.6) is 17.2 Å². The van der Waals surface area contributed by atoms with E-state index in [1.807, 2.05) is 0 Å². The molecule has 0 saturated heterocycles. The molecule has 0 radical (unpaired) electrons. The van der Waals surface area contributed by atoms with Crippen molar-refractivity contribution in [2.75, 3.05) is 0 Å². The van der Waals surface area contributed by atoms with E-state index in [2.05, 4.69) is 4.74 Å². The zero-order valence-electron chi connectivity index (χ0n) is 15.4. The predicted octanol–water partition coefficient (Wildman–Crippen LogP) is 3.92. The lowest BCUT2D eigenvalue weighted by atomic mass is 10.2. The first-order chi connectivity index (χ1) is 14.2. The molecule has 0 bridgehead atoms. The third kappa shape index (κ3) is 8.44. The van der Waals surface area contributed by atoms with Gasteiger partial charge in [0, 0.05) is 0 Å². The Morgan fingerprint density at radius 2 is 0.933 bits per heavy atom. The Balaban J connectivity index is 0.000000225. The normalized spacial score (nSPS) is 9.07. The van der Waals surface area contributed by atoms with Gasteiger partial charge in [0.1, 0.15) is 28.4 Å². The molecule has 0 aliphatic carbocycles. The minimum absolute atomic E-state index is 0.0671. The number of para-hydroxylation sites is 3. The fraction of sp³-hybridized carbons (Fsp3) is 0. The quantitative estimate of drug-likeness (QED) is 0.316. The topological polar surface area (TPSA) is 162 Å². The van der Waals surface area contributed by atoms with Crippen LogP contribution in [-0.4, -0.2) is 43.6 Å². The van der Waals surface area contributed by atoms with Gasteiger partial charge in [-0.25, -0.2) is 14.4 Å². The minimum atomic E-state index is -1.29. The maximum atomic E-state index is 10.3. The first-order valence-electron chi connectivity index (χ1n) is 8.20. The van der Waals surface area contributed by atoms with Gasteiger partial charge >= 0.3 is 18.1 Å². The van der Waals surface area contributed by atoms with Crippen molar-refractivity contribution in [2.24, 2.45) is 0 Å². The van der Waals surface area contributed by atoms with Crippen LogP contribution in [0, 0.1) is 0 Å². The van der Waals surface area contributed by atoms with Gasteiger partial charge in [-0.15, -0.1) is 0 Å². The van der Waals surface area contributed by atoms with Crippen molar-refractivity contribution < 1.29 is 44.7 Å². The monoisotopic (exact) mass is 414 g/mol. The molecule has 0 fully saturated rings. The Labute approximate surface area is 170 Å². The molecule has 0 aliphatic rings. The predicted molar refractivity (Wildman–Crippen MR) is 105 cm³/mol. The molecule has 3 aromatic rings. The maximum Gasteiger partial charge on any atom is 0.511 e. The molecule has 0 aromatic heterocycles. The van der Waals surface area contributed by atoms with Crippen LogP contribution in [0.1, 0.15) is 20.7 Å². The number of carboxylic acids is 2. The van der Waals surface area contributed by atoms with E-state index in [1.54, 1.807) is 54.6 Å². The molecule has 9 nitrogen and oxygen atoms in total. The lowest BCUT2D eigenvalue weighted by molar-refractivity contribution is 0.0682. The smallest absolute Gasteiger partial charge is 0.507 e. The maximum absolute atomic E-state index is 10.3. The number of benzene rings is 3. The molecular formula is C21H18O9. The van der Waals surface area contributed by atoms with E-state index >= 15 is 0 Å². The number of carboxylic acid groups (broad SMARTS) is 3. The van der Waals surface area contributed by atoms with Crippen LogP contribution in [-0.2, 0) is 0 Å². The average Bonchev–Trinajstić information content (AvgIpc) is 2.69. The van der Waals surface area contributed by atoms with E-state index in [1.165, 1.54) is 24.3 Å². The summed E-state index contributed by atoms with van der Waals surface area (Å²) in [6.07, 6.45) is -1.29. The highest BCUT2D eigenvalue weighted by atomic mass is 16.7. The van der Waals surface area contributed by atoms with Gasteiger partial charge in [-0.2, -0.15) is 0 Å². The first kappa shape index (κ1) is 23.5. The average molecular weight is 414 g/mol. The SMILES string of the molecule is O=C(O)Oc1ccccc1.O=C(O)c1ccccc1O.O=C(O)c1ccccc1O. The largest absolute Gasteiger partial charge is 0.511 e. The number of phenols is 2. The zero-order valence-corrected chi connectivity index (χ0v) is 15.4. The summed E-state index contributed by atoms with van der Waals surface area (Å²) in [6.45, 7) is 0. The molecule has 5 N–H and O–H groups in total. The molecule has 0 amide bonds. The van der Waals surface area contributed by atoms with Crippen LogP contribution in [0.15, 0.2) is 78.9 Å². The lowest BCUT2D eigenvalue weighted by Gasteiger charge is -1.95. The Kier molecular flexibility index (Phi) is 9.43. The van der Waals surface area contributed by atoms with Gasteiger partial charge in [0.25, 0.3) is 0 Å². The van der Waals surface area contributed by atoms with E-state index in [0.717, 1.165) is 0 Å². The Bertz CT molecular complexity index is 929. The van der Waals surface area contributed by atoms with E-state index < -0.39 is 18.1 Å². The molecule has 0 spiro atoms. The second-order valence-corrected chi connectivity index (χ2v) is 5.33. The number of rotatable bonds is 3. The molecular weight excluding hydrogens is 396 g/mol. The Morgan fingerprint density at radius 1 is 0.567 bits per heavy atom. The summed E-state index contributed by atoms with van der Waals surface area (Å²) in [4.78, 5) is 30.5. The third-order valence-corrected chi connectivity index (χ3v) is 3.22. The molecule has 0 unspecified atom stereocenters. The van der Waals surface area contributed by atoms with Crippen LogP contribution in [0.3, 0.4) is 0 Å². The standard InChI is InChI=1S/3C7H6O3/c8-7(9)10-6-4-2-1-3-5-6;2*8-6-4-2-1-3-5(6)7(9)10/h1-5H,(H,8,9);2*1-4,8H,(H,9,10). The summed E-state index contributed by atoms with van der Waals surface area (Å²) in [6, 6.07) is 20.0. The van der Waals surface area contributed by atoms with Gasteiger partial charge in [0.15, 0.2) is 0 Å². The molecule has 156 valence electrons. The van der Waals surface area contributed by atoms with Gasteiger partial charge in [0.2, 0.25) is 0 Å². The summed E-state index contributed by atoms with van der Waals surface area (Å²) < 4.78 is 4.33. The van der Waals surface area contributed by atoms with Crippen molar-refractivity contribution in [1.29, 1.82) is 0 Å². The molecule has 3 rings (SSSR count). The van der Waals surface area contributed by atoms with Crippen LogP contribution >= 0.6 is 0 Å². The highest BCUT2D eigenvalue weighted by Gasteiger charge is 2.06. The van der Waals surface area contributed by atoms with Crippen molar-refractivity contribution >= 4 is 18.1 Å². The van der Waals surface area contributed by atoms with Gasteiger partial charge in [0.05, 0.1) is 0 Å². The highest BCUT2D eigenvalue weighted by molar-refractivity contribution is 5.91. The molecule has 0 saturated carbocycles. The highest BCUT2D eigenvalue weighted by Crippen LogP contribution is 2.15. The van der Waals surface area contributed by atoms with Crippen LogP contribution in [0.2, 0.25) is 0 Å². The fourth-order valence-electron chi connectivity index (χ4n) is 1.90. The number of aromatic hydroxyl groups is 2. The van der Waals surface area contributed by atoms with E-state index in [0.29, 0.717) is 5.75 Å². The molecule has 9 heteroatoms. The zero-order chi connectivity index (χ0) is 22.5. The number of hydrogen-bond donors (Lipinski definition) is 5. The molecule has 30 heavy (non-hydrogen) atoms. The van der Waals surface area contributed by atoms with Gasteiger partial charge in [-0.3, -0.25) is 0 Å². The third-order valence-electron chi connectivity index (χ3n) is 3.22. The molecule has 0 atom stereocenters. The van der Waals surface area contributed by atoms with Crippen LogP contribution in [0.4, 0.5) is 4.79 Å². The second kappa shape index (κ2) is 12.0. The van der Waals surface area contributed by atoms with Crippen molar-refractivity contribution in [1.82, 2.24) is 0 Å². The summed E-state index contributed by atoms with van der Waals surface area (Å²) in [5.74, 6) is -2.28. The van der Waals surface area contributed by atoms with Gasteiger partial charge in [-0.1, -0.05) is 42.5 Å². The first-order valence-corrected chi connectivity index (χ1v) is 8.20. The second-order valence-electron chi connectivity index (χ2n) is 5.33. The summed E-state index contributed by atoms with van der Waals surface area (Å²) in [5.41, 5.74) is -0.134. The lowest BCUT2D eigenvalue weighted by Crippen LogP contribution is -2.02. The molecule has 3 aromatic carbocycles. The summed E-state index contributed by atoms with van der Waals surface area (Å²) in [5, 5.41) is 42.8. The summed E-state index contributed by atoms with van der Waals surface area (Å²) >= 11 is 0. The van der Waals surface area contributed by atoms with Gasteiger partial charge < -0.3 is 30.3 Å². The Morgan fingerprint density at radius 3 is 1.23 bits per heavy atom.